The molecule has 1 atom stereocenters. The molecule has 0 radical (unpaired) electrons. The van der Waals surface area contributed by atoms with Gasteiger partial charge in [-0.2, -0.15) is 0 Å². The van der Waals surface area contributed by atoms with Gasteiger partial charge in [-0.25, -0.2) is 4.79 Å². The summed E-state index contributed by atoms with van der Waals surface area (Å²) in [5.74, 6) is 1.65. The quantitative estimate of drug-likeness (QED) is 0.113. The Balaban J connectivity index is 1.63. The number of amides is 2. The number of carbonyl (C=O) groups excluding carboxylic acids is 1. The summed E-state index contributed by atoms with van der Waals surface area (Å²) in [6.45, 7) is 12.3. The number of carbonyl (C=O) groups is 1. The molecule has 1 unspecified atom stereocenters. The predicted molar refractivity (Wildman–Crippen MR) is 164 cm³/mol. The fourth-order valence-electron chi connectivity index (χ4n) is 4.68. The minimum atomic E-state index is -0.514. The number of anilines is 1. The highest BCUT2D eigenvalue weighted by molar-refractivity contribution is 7.98. The van der Waals surface area contributed by atoms with Crippen LogP contribution in [0.2, 0.25) is 0 Å². The molecule has 3 aromatic carbocycles. The van der Waals surface area contributed by atoms with Crippen molar-refractivity contribution in [3.8, 4) is 5.69 Å². The van der Waals surface area contributed by atoms with Crippen molar-refractivity contribution in [2.45, 2.75) is 70.3 Å². The predicted octanol–water partition coefficient (Wildman–Crippen LogP) is 7.91. The van der Waals surface area contributed by atoms with Gasteiger partial charge in [-0.1, -0.05) is 87.5 Å². The van der Waals surface area contributed by atoms with E-state index >= 15 is 0 Å². The SMILES string of the molecule is Cc1cccc(CSc2nnc(C(C)NC(=O)Nc3c(C(C)C)cccc3C(C)C)n2-c2ccc([N+](=O)[O-])cc2)c1. The van der Waals surface area contributed by atoms with Crippen LogP contribution in [0.15, 0.2) is 71.9 Å². The molecule has 1 aromatic heterocycles. The zero-order valence-electron chi connectivity index (χ0n) is 24.2. The first kappa shape index (κ1) is 29.8. The van der Waals surface area contributed by atoms with Crippen LogP contribution in [0.25, 0.3) is 5.69 Å². The molecule has 41 heavy (non-hydrogen) atoms. The molecular formula is C31H36N6O3S. The summed E-state index contributed by atoms with van der Waals surface area (Å²) in [4.78, 5) is 24.1. The number of non-ortho nitro benzene ring substituents is 1. The molecule has 0 bridgehead atoms. The van der Waals surface area contributed by atoms with Gasteiger partial charge in [-0.05, 0) is 54.5 Å². The zero-order valence-corrected chi connectivity index (χ0v) is 25.0. The number of urea groups is 1. The van der Waals surface area contributed by atoms with Crippen LogP contribution >= 0.6 is 11.8 Å². The van der Waals surface area contributed by atoms with Crippen LogP contribution in [-0.4, -0.2) is 25.7 Å². The molecule has 4 rings (SSSR count). The van der Waals surface area contributed by atoms with Crippen LogP contribution < -0.4 is 10.6 Å². The Morgan fingerprint density at radius 1 is 0.951 bits per heavy atom. The molecule has 1 heterocycles. The monoisotopic (exact) mass is 572 g/mol. The number of aromatic nitrogens is 3. The van der Waals surface area contributed by atoms with Crippen molar-refractivity contribution < 1.29 is 9.72 Å². The Morgan fingerprint density at radius 3 is 2.17 bits per heavy atom. The van der Waals surface area contributed by atoms with Gasteiger partial charge in [0.1, 0.15) is 0 Å². The Bertz CT molecular complexity index is 1510. The van der Waals surface area contributed by atoms with E-state index < -0.39 is 11.0 Å². The van der Waals surface area contributed by atoms with Crippen molar-refractivity contribution in [2.24, 2.45) is 0 Å². The summed E-state index contributed by atoms with van der Waals surface area (Å²) in [7, 11) is 0. The van der Waals surface area contributed by atoms with Gasteiger partial charge >= 0.3 is 6.03 Å². The second kappa shape index (κ2) is 13.0. The number of rotatable bonds is 10. The topological polar surface area (TPSA) is 115 Å². The third-order valence-electron chi connectivity index (χ3n) is 6.77. The normalized spacial score (nSPS) is 12.0. The number of nitrogens with zero attached hydrogens (tertiary/aromatic N) is 4. The standard InChI is InChI=1S/C31H36N6O3S/c1-19(2)26-11-8-12-27(20(3)4)28(26)33-30(38)32-22(6)29-34-35-31(41-18-23-10-7-9-21(5)17-23)36(29)24-13-15-25(16-14-24)37(39)40/h7-17,19-20,22H,18H2,1-6H3,(H2,32,33,38). The van der Waals surface area contributed by atoms with Gasteiger partial charge in [0, 0.05) is 29.3 Å². The van der Waals surface area contributed by atoms with E-state index in [4.69, 9.17) is 0 Å². The number of hydrogen-bond acceptors (Lipinski definition) is 6. The molecule has 0 aliphatic heterocycles. The van der Waals surface area contributed by atoms with Gasteiger partial charge < -0.3 is 10.6 Å². The number of hydrogen-bond donors (Lipinski definition) is 2. The van der Waals surface area contributed by atoms with E-state index in [1.807, 2.05) is 48.7 Å². The Morgan fingerprint density at radius 2 is 1.59 bits per heavy atom. The smallest absolute Gasteiger partial charge is 0.319 e. The molecule has 4 aromatic rings. The first-order valence-corrected chi connectivity index (χ1v) is 14.6. The van der Waals surface area contributed by atoms with E-state index in [0.29, 0.717) is 22.4 Å². The van der Waals surface area contributed by atoms with E-state index in [-0.39, 0.29) is 23.6 Å². The zero-order chi connectivity index (χ0) is 29.7. The Kier molecular flexibility index (Phi) is 9.44. The minimum Gasteiger partial charge on any atom is -0.328 e. The molecule has 0 saturated heterocycles. The van der Waals surface area contributed by atoms with E-state index in [2.05, 4.69) is 60.7 Å². The lowest BCUT2D eigenvalue weighted by atomic mass is 9.93. The summed E-state index contributed by atoms with van der Waals surface area (Å²) in [5, 5.41) is 26.9. The van der Waals surface area contributed by atoms with Crippen molar-refractivity contribution in [3.05, 3.63) is 105 Å². The molecular weight excluding hydrogens is 536 g/mol. The van der Waals surface area contributed by atoms with Crippen LogP contribution in [0.1, 0.15) is 80.6 Å². The van der Waals surface area contributed by atoms with Crippen LogP contribution in [0.3, 0.4) is 0 Å². The van der Waals surface area contributed by atoms with Gasteiger partial charge in [-0.3, -0.25) is 14.7 Å². The molecule has 10 heteroatoms. The summed E-state index contributed by atoms with van der Waals surface area (Å²) in [5.41, 5.74) is 5.95. The number of nitro groups is 1. The molecule has 9 nitrogen and oxygen atoms in total. The summed E-state index contributed by atoms with van der Waals surface area (Å²) < 4.78 is 1.84. The third-order valence-corrected chi connectivity index (χ3v) is 7.77. The molecule has 0 spiro atoms. The maximum absolute atomic E-state index is 13.3. The molecule has 0 fully saturated rings. The lowest BCUT2D eigenvalue weighted by molar-refractivity contribution is -0.384. The lowest BCUT2D eigenvalue weighted by Crippen LogP contribution is -2.33. The number of aryl methyl sites for hydroxylation is 1. The summed E-state index contributed by atoms with van der Waals surface area (Å²) in [6, 6.07) is 19.7. The van der Waals surface area contributed by atoms with Crippen molar-refractivity contribution in [3.63, 3.8) is 0 Å². The Hall–Kier alpha value is -4.18. The van der Waals surface area contributed by atoms with E-state index in [1.165, 1.54) is 29.5 Å². The second-order valence-electron chi connectivity index (χ2n) is 10.7. The van der Waals surface area contributed by atoms with Crippen LogP contribution in [0, 0.1) is 17.0 Å². The van der Waals surface area contributed by atoms with Crippen LogP contribution in [0.4, 0.5) is 16.2 Å². The van der Waals surface area contributed by atoms with E-state index in [0.717, 1.165) is 22.4 Å². The molecule has 2 amide bonds. The van der Waals surface area contributed by atoms with Gasteiger partial charge in [0.2, 0.25) is 0 Å². The molecule has 0 saturated carbocycles. The number of nitro benzene ring substituents is 1. The van der Waals surface area contributed by atoms with Crippen molar-refractivity contribution in [2.75, 3.05) is 5.32 Å². The van der Waals surface area contributed by atoms with Crippen LogP contribution in [-0.2, 0) is 5.75 Å². The van der Waals surface area contributed by atoms with E-state index in [9.17, 15) is 14.9 Å². The van der Waals surface area contributed by atoms with Gasteiger partial charge in [0.15, 0.2) is 11.0 Å². The third kappa shape index (κ3) is 7.13. The highest BCUT2D eigenvalue weighted by Gasteiger charge is 2.23. The maximum Gasteiger partial charge on any atom is 0.319 e. The first-order valence-electron chi connectivity index (χ1n) is 13.6. The molecule has 2 N–H and O–H groups in total. The van der Waals surface area contributed by atoms with Gasteiger partial charge in [0.25, 0.3) is 5.69 Å². The molecule has 214 valence electrons. The maximum atomic E-state index is 13.3. The van der Waals surface area contributed by atoms with Crippen molar-refractivity contribution >= 4 is 29.2 Å². The van der Waals surface area contributed by atoms with Crippen molar-refractivity contribution in [1.29, 1.82) is 0 Å². The molecule has 0 aliphatic carbocycles. The summed E-state index contributed by atoms with van der Waals surface area (Å²) in [6.07, 6.45) is 0. The van der Waals surface area contributed by atoms with Gasteiger partial charge in [-0.15, -0.1) is 10.2 Å². The number of thioether (sulfide) groups is 1. The molecule has 0 aliphatic rings. The second-order valence-corrected chi connectivity index (χ2v) is 11.6. The highest BCUT2D eigenvalue weighted by Crippen LogP contribution is 2.33. The first-order chi connectivity index (χ1) is 19.5. The lowest BCUT2D eigenvalue weighted by Gasteiger charge is -2.22. The van der Waals surface area contributed by atoms with Gasteiger partial charge in [0.05, 0.1) is 11.0 Å². The number of para-hydroxylation sites is 1. The fourth-order valence-corrected chi connectivity index (χ4v) is 5.58. The minimum absolute atomic E-state index is 0.00679. The summed E-state index contributed by atoms with van der Waals surface area (Å²) >= 11 is 1.51. The highest BCUT2D eigenvalue weighted by atomic mass is 32.2. The number of benzene rings is 3. The van der Waals surface area contributed by atoms with Crippen LogP contribution in [0.5, 0.6) is 0 Å². The van der Waals surface area contributed by atoms with Crippen molar-refractivity contribution in [1.82, 2.24) is 20.1 Å². The average molecular weight is 573 g/mol. The average Bonchev–Trinajstić information content (AvgIpc) is 3.36. The number of nitrogens with one attached hydrogen (secondary N) is 2. The Labute approximate surface area is 244 Å². The van der Waals surface area contributed by atoms with E-state index in [1.54, 1.807) is 12.1 Å². The largest absolute Gasteiger partial charge is 0.328 e. The fraction of sp³-hybridized carbons (Fsp3) is 0.323.